The Balaban J connectivity index is 1.76. The molecule has 5 nitrogen and oxygen atoms in total. The number of pyridine rings is 1. The van der Waals surface area contributed by atoms with E-state index in [2.05, 4.69) is 34.7 Å². The van der Waals surface area contributed by atoms with Crippen molar-refractivity contribution in [1.82, 2.24) is 4.98 Å². The molecule has 0 radical (unpaired) electrons. The molecule has 1 aromatic heterocycles. The number of rotatable bonds is 3. The second kappa shape index (κ2) is 5.86. The number of hydrogen-bond acceptors (Lipinski definition) is 4. The van der Waals surface area contributed by atoms with E-state index in [4.69, 9.17) is 5.26 Å². The van der Waals surface area contributed by atoms with E-state index in [0.717, 1.165) is 23.5 Å². The van der Waals surface area contributed by atoms with Crippen molar-refractivity contribution < 1.29 is 4.79 Å². The molecule has 3 rings (SSSR count). The standard InChI is InChI=1S/C17H16N4O/c1-11(20-16-6-2-12(9-18)10-19-16)13-3-5-15-14(8-13)4-7-17(22)21-15/h2-3,5-6,8,10-11H,4,7H2,1H3,(H,19,20)(H,21,22)/t11-/m0/s1. The maximum absolute atomic E-state index is 11.4. The molecule has 2 N–H and O–H groups in total. The first-order valence-electron chi connectivity index (χ1n) is 7.21. The van der Waals surface area contributed by atoms with Gasteiger partial charge in [0.1, 0.15) is 11.9 Å². The molecule has 1 aliphatic heterocycles. The Morgan fingerprint density at radius 2 is 2.18 bits per heavy atom. The van der Waals surface area contributed by atoms with Crippen molar-refractivity contribution in [2.24, 2.45) is 0 Å². The van der Waals surface area contributed by atoms with Gasteiger partial charge < -0.3 is 10.6 Å². The van der Waals surface area contributed by atoms with Gasteiger partial charge in [-0.3, -0.25) is 4.79 Å². The fourth-order valence-electron chi connectivity index (χ4n) is 2.52. The zero-order valence-electron chi connectivity index (χ0n) is 12.3. The van der Waals surface area contributed by atoms with Crippen molar-refractivity contribution in [3.05, 3.63) is 53.2 Å². The second-order valence-corrected chi connectivity index (χ2v) is 5.37. The van der Waals surface area contributed by atoms with Crippen molar-refractivity contribution in [2.45, 2.75) is 25.8 Å². The Bertz CT molecular complexity index is 746. The molecular formula is C17H16N4O. The van der Waals surface area contributed by atoms with Crippen LogP contribution in [0.15, 0.2) is 36.5 Å². The van der Waals surface area contributed by atoms with E-state index < -0.39 is 0 Å². The number of nitrogens with zero attached hydrogens (tertiary/aromatic N) is 2. The lowest BCUT2D eigenvalue weighted by atomic mass is 9.98. The van der Waals surface area contributed by atoms with Gasteiger partial charge in [-0.1, -0.05) is 12.1 Å². The van der Waals surface area contributed by atoms with Gasteiger partial charge in [0.2, 0.25) is 5.91 Å². The number of aromatic nitrogens is 1. The third kappa shape index (κ3) is 2.91. The summed E-state index contributed by atoms with van der Waals surface area (Å²) in [6.45, 7) is 2.06. The normalized spacial score (nSPS) is 14.5. The number of carbonyl (C=O) groups is 1. The van der Waals surface area contributed by atoms with Gasteiger partial charge in [0.15, 0.2) is 0 Å². The van der Waals surface area contributed by atoms with Gasteiger partial charge in [-0.05, 0) is 42.7 Å². The number of nitriles is 1. The number of amides is 1. The van der Waals surface area contributed by atoms with Crippen LogP contribution in [0, 0.1) is 11.3 Å². The molecule has 1 atom stereocenters. The van der Waals surface area contributed by atoms with E-state index >= 15 is 0 Å². The van der Waals surface area contributed by atoms with E-state index in [9.17, 15) is 4.79 Å². The summed E-state index contributed by atoms with van der Waals surface area (Å²) >= 11 is 0. The molecule has 0 unspecified atom stereocenters. The summed E-state index contributed by atoms with van der Waals surface area (Å²) < 4.78 is 0. The Kier molecular flexibility index (Phi) is 3.75. The molecule has 22 heavy (non-hydrogen) atoms. The highest BCUT2D eigenvalue weighted by Crippen LogP contribution is 2.27. The summed E-state index contributed by atoms with van der Waals surface area (Å²) in [7, 11) is 0. The van der Waals surface area contributed by atoms with Gasteiger partial charge in [-0.25, -0.2) is 4.98 Å². The first-order chi connectivity index (χ1) is 10.7. The molecule has 1 aromatic carbocycles. The molecule has 0 fully saturated rings. The predicted octanol–water partition coefficient (Wildman–Crippen LogP) is 3.01. The van der Waals surface area contributed by atoms with E-state index in [-0.39, 0.29) is 11.9 Å². The van der Waals surface area contributed by atoms with Gasteiger partial charge in [-0.2, -0.15) is 5.26 Å². The first-order valence-corrected chi connectivity index (χ1v) is 7.21. The maximum atomic E-state index is 11.4. The first kappa shape index (κ1) is 14.1. The summed E-state index contributed by atoms with van der Waals surface area (Å²) in [6, 6.07) is 11.8. The van der Waals surface area contributed by atoms with Crippen LogP contribution in [0.1, 0.15) is 36.1 Å². The monoisotopic (exact) mass is 292 g/mol. The van der Waals surface area contributed by atoms with Gasteiger partial charge in [-0.15, -0.1) is 0 Å². The largest absolute Gasteiger partial charge is 0.364 e. The van der Waals surface area contributed by atoms with Crippen LogP contribution in [-0.4, -0.2) is 10.9 Å². The number of hydrogen-bond donors (Lipinski definition) is 2. The Morgan fingerprint density at radius 3 is 2.91 bits per heavy atom. The van der Waals surface area contributed by atoms with Crippen molar-refractivity contribution in [2.75, 3.05) is 10.6 Å². The predicted molar refractivity (Wildman–Crippen MR) is 84.4 cm³/mol. The highest BCUT2D eigenvalue weighted by atomic mass is 16.1. The van der Waals surface area contributed by atoms with Gasteiger partial charge in [0.25, 0.3) is 0 Å². The smallest absolute Gasteiger partial charge is 0.224 e. The molecule has 0 saturated carbocycles. The number of fused-ring (bicyclic) bond motifs is 1. The summed E-state index contributed by atoms with van der Waals surface area (Å²) in [5.41, 5.74) is 3.76. The Labute approximate surface area is 129 Å². The van der Waals surface area contributed by atoms with Gasteiger partial charge in [0, 0.05) is 24.3 Å². The maximum Gasteiger partial charge on any atom is 0.224 e. The number of anilines is 2. The molecule has 1 amide bonds. The summed E-state index contributed by atoms with van der Waals surface area (Å²) in [5.74, 6) is 0.811. The molecule has 0 spiro atoms. The molecule has 2 heterocycles. The van der Waals surface area contributed by atoms with Crippen molar-refractivity contribution in [3.8, 4) is 6.07 Å². The zero-order chi connectivity index (χ0) is 15.5. The number of nitrogens with one attached hydrogen (secondary N) is 2. The average molecular weight is 292 g/mol. The minimum absolute atomic E-state index is 0.0770. The van der Waals surface area contributed by atoms with E-state index in [1.165, 1.54) is 5.56 Å². The second-order valence-electron chi connectivity index (χ2n) is 5.37. The molecule has 1 aliphatic rings. The molecule has 110 valence electrons. The lowest BCUT2D eigenvalue weighted by Crippen LogP contribution is -2.19. The fraction of sp³-hybridized carbons (Fsp3) is 0.235. The minimum Gasteiger partial charge on any atom is -0.364 e. The van der Waals surface area contributed by atoms with Crippen molar-refractivity contribution in [3.63, 3.8) is 0 Å². The summed E-state index contributed by atoms with van der Waals surface area (Å²) in [5, 5.41) is 15.0. The molecule has 2 aromatic rings. The van der Waals surface area contributed by atoms with E-state index in [1.54, 1.807) is 18.3 Å². The minimum atomic E-state index is 0.0770. The van der Waals surface area contributed by atoms with Crippen LogP contribution in [0.2, 0.25) is 0 Å². The fourth-order valence-corrected chi connectivity index (χ4v) is 2.52. The highest BCUT2D eigenvalue weighted by molar-refractivity contribution is 5.93. The lowest BCUT2D eigenvalue weighted by Gasteiger charge is -2.20. The Morgan fingerprint density at radius 1 is 1.32 bits per heavy atom. The lowest BCUT2D eigenvalue weighted by molar-refractivity contribution is -0.116. The third-order valence-corrected chi connectivity index (χ3v) is 3.78. The molecule has 0 aliphatic carbocycles. The van der Waals surface area contributed by atoms with E-state index in [1.807, 2.05) is 12.1 Å². The number of benzene rings is 1. The van der Waals surface area contributed by atoms with Crippen LogP contribution in [0.5, 0.6) is 0 Å². The quantitative estimate of drug-likeness (QED) is 0.911. The van der Waals surface area contributed by atoms with Crippen LogP contribution in [0.25, 0.3) is 0 Å². The molecular weight excluding hydrogens is 276 g/mol. The van der Waals surface area contributed by atoms with Crippen LogP contribution < -0.4 is 10.6 Å². The number of aryl methyl sites for hydroxylation is 1. The third-order valence-electron chi connectivity index (χ3n) is 3.78. The summed E-state index contributed by atoms with van der Waals surface area (Å²) in [6.07, 6.45) is 2.86. The number of carbonyl (C=O) groups excluding carboxylic acids is 1. The van der Waals surface area contributed by atoms with Crippen LogP contribution in [0.3, 0.4) is 0 Å². The highest BCUT2D eigenvalue weighted by Gasteiger charge is 2.16. The Hall–Kier alpha value is -2.87. The molecule has 0 saturated heterocycles. The van der Waals surface area contributed by atoms with Gasteiger partial charge in [0.05, 0.1) is 5.56 Å². The van der Waals surface area contributed by atoms with Gasteiger partial charge >= 0.3 is 0 Å². The SMILES string of the molecule is C[C@H](Nc1ccc(C#N)cn1)c1ccc2c(c1)CCC(=O)N2. The van der Waals surface area contributed by atoms with Crippen molar-refractivity contribution >= 4 is 17.4 Å². The molecule has 0 bridgehead atoms. The van der Waals surface area contributed by atoms with Crippen LogP contribution in [0.4, 0.5) is 11.5 Å². The molecule has 5 heteroatoms. The van der Waals surface area contributed by atoms with Crippen molar-refractivity contribution in [1.29, 1.82) is 5.26 Å². The summed E-state index contributed by atoms with van der Waals surface area (Å²) in [4.78, 5) is 15.6. The average Bonchev–Trinajstić information content (AvgIpc) is 2.55. The van der Waals surface area contributed by atoms with Crippen LogP contribution in [-0.2, 0) is 11.2 Å². The zero-order valence-corrected chi connectivity index (χ0v) is 12.3. The topological polar surface area (TPSA) is 77.8 Å². The van der Waals surface area contributed by atoms with Crippen LogP contribution >= 0.6 is 0 Å². The van der Waals surface area contributed by atoms with E-state index in [0.29, 0.717) is 12.0 Å².